The van der Waals surface area contributed by atoms with Crippen molar-refractivity contribution >= 4 is 34.4 Å². The highest BCUT2D eigenvalue weighted by molar-refractivity contribution is 6.31. The SMILES string of the molecule is N#CCN(c1ccnc(-c2c[nH]c3ncc(Cl)cc23)n1)C1(C(=O)NCC(F)(F)F)CCC1. The number of amides is 1. The zero-order valence-electron chi connectivity index (χ0n) is 16.6. The lowest BCUT2D eigenvalue weighted by Crippen LogP contribution is -2.64. The zero-order chi connectivity index (χ0) is 22.9. The van der Waals surface area contributed by atoms with Crippen molar-refractivity contribution in [1.82, 2.24) is 25.3 Å². The molecular formula is C20H17ClF3N7O. The fourth-order valence-corrected chi connectivity index (χ4v) is 3.95. The minimum Gasteiger partial charge on any atom is -0.345 e. The van der Waals surface area contributed by atoms with Crippen molar-refractivity contribution in [1.29, 1.82) is 5.26 Å². The van der Waals surface area contributed by atoms with Crippen LogP contribution in [0, 0.1) is 11.3 Å². The summed E-state index contributed by atoms with van der Waals surface area (Å²) in [5.41, 5.74) is -0.0928. The van der Waals surface area contributed by atoms with E-state index in [0.29, 0.717) is 46.7 Å². The van der Waals surface area contributed by atoms with Crippen LogP contribution >= 0.6 is 11.6 Å². The molecule has 4 rings (SSSR count). The van der Waals surface area contributed by atoms with Gasteiger partial charge in [0, 0.05) is 29.5 Å². The van der Waals surface area contributed by atoms with E-state index in [-0.39, 0.29) is 12.4 Å². The number of H-pyrrole nitrogens is 1. The first kappa shape index (κ1) is 21.8. The quantitative estimate of drug-likeness (QED) is 0.540. The van der Waals surface area contributed by atoms with Crippen LogP contribution in [0.15, 0.2) is 30.7 Å². The monoisotopic (exact) mass is 463 g/mol. The molecule has 3 heterocycles. The molecule has 1 saturated carbocycles. The Hall–Kier alpha value is -3.39. The standard InChI is InChI=1S/C20H17ClF3N7O/c21-12-8-13-14(10-28-16(13)27-9-12)17-26-6-2-15(30-17)31(7-5-25)19(3-1-4-19)18(32)29-11-20(22,23)24/h2,6,8-10H,1,3-4,7,11H2,(H,27,28)(H,29,32). The maximum atomic E-state index is 12.8. The first-order chi connectivity index (χ1) is 15.2. The number of aromatic amines is 1. The number of anilines is 1. The minimum absolute atomic E-state index is 0.225. The summed E-state index contributed by atoms with van der Waals surface area (Å²) in [6.07, 6.45) is 1.36. The molecule has 0 unspecified atom stereocenters. The largest absolute Gasteiger partial charge is 0.405 e. The third-order valence-corrected chi connectivity index (χ3v) is 5.66. The summed E-state index contributed by atoms with van der Waals surface area (Å²) >= 11 is 6.05. The van der Waals surface area contributed by atoms with Gasteiger partial charge in [-0.2, -0.15) is 18.4 Å². The second-order valence-corrected chi connectivity index (χ2v) is 7.85. The number of hydrogen-bond donors (Lipinski definition) is 2. The topological polar surface area (TPSA) is 111 Å². The molecule has 3 aromatic heterocycles. The number of nitriles is 1. The first-order valence-corrected chi connectivity index (χ1v) is 10.1. The summed E-state index contributed by atoms with van der Waals surface area (Å²) in [7, 11) is 0. The molecule has 2 N–H and O–H groups in total. The number of pyridine rings is 1. The van der Waals surface area contributed by atoms with Gasteiger partial charge in [0.25, 0.3) is 0 Å². The number of fused-ring (bicyclic) bond motifs is 1. The molecular weight excluding hydrogens is 447 g/mol. The highest BCUT2D eigenvalue weighted by Gasteiger charge is 2.50. The molecule has 1 fully saturated rings. The molecule has 166 valence electrons. The number of hydrogen-bond acceptors (Lipinski definition) is 6. The van der Waals surface area contributed by atoms with Gasteiger partial charge in [0.2, 0.25) is 5.91 Å². The molecule has 0 radical (unpaired) electrons. The lowest BCUT2D eigenvalue weighted by atomic mass is 9.74. The van der Waals surface area contributed by atoms with E-state index in [1.807, 2.05) is 11.4 Å². The number of aromatic nitrogens is 4. The Kier molecular flexibility index (Phi) is 5.64. The smallest absolute Gasteiger partial charge is 0.345 e. The average molecular weight is 464 g/mol. The second-order valence-electron chi connectivity index (χ2n) is 7.42. The van der Waals surface area contributed by atoms with Crippen molar-refractivity contribution in [2.75, 3.05) is 18.0 Å². The molecule has 12 heteroatoms. The fourth-order valence-electron chi connectivity index (χ4n) is 3.79. The van der Waals surface area contributed by atoms with Gasteiger partial charge in [0.1, 0.15) is 30.1 Å². The summed E-state index contributed by atoms with van der Waals surface area (Å²) < 4.78 is 37.9. The highest BCUT2D eigenvalue weighted by atomic mass is 35.5. The molecule has 32 heavy (non-hydrogen) atoms. The molecule has 0 bridgehead atoms. The van der Waals surface area contributed by atoms with Gasteiger partial charge < -0.3 is 15.2 Å². The van der Waals surface area contributed by atoms with Crippen molar-refractivity contribution in [3.63, 3.8) is 0 Å². The lowest BCUT2D eigenvalue weighted by Gasteiger charge is -2.48. The number of nitrogens with one attached hydrogen (secondary N) is 2. The van der Waals surface area contributed by atoms with Crippen molar-refractivity contribution in [2.24, 2.45) is 0 Å². The van der Waals surface area contributed by atoms with E-state index in [1.54, 1.807) is 12.3 Å². The average Bonchev–Trinajstić information content (AvgIpc) is 3.13. The number of carbonyl (C=O) groups is 1. The number of nitrogens with zero attached hydrogens (tertiary/aromatic N) is 5. The Morgan fingerprint density at radius 2 is 2.16 bits per heavy atom. The van der Waals surface area contributed by atoms with Gasteiger partial charge in [0.05, 0.1) is 11.1 Å². The number of carbonyl (C=O) groups excluding carboxylic acids is 1. The molecule has 0 atom stereocenters. The van der Waals surface area contributed by atoms with Crippen molar-refractivity contribution in [3.8, 4) is 17.5 Å². The van der Waals surface area contributed by atoms with E-state index < -0.39 is 24.2 Å². The van der Waals surface area contributed by atoms with E-state index in [0.717, 1.165) is 0 Å². The van der Waals surface area contributed by atoms with Crippen LogP contribution in [0.2, 0.25) is 5.02 Å². The van der Waals surface area contributed by atoms with Gasteiger partial charge in [-0.25, -0.2) is 15.0 Å². The van der Waals surface area contributed by atoms with Crippen molar-refractivity contribution in [3.05, 3.63) is 35.7 Å². The van der Waals surface area contributed by atoms with Crippen LogP contribution in [-0.4, -0.2) is 50.6 Å². The third-order valence-electron chi connectivity index (χ3n) is 5.45. The van der Waals surface area contributed by atoms with Crippen LogP contribution in [0.25, 0.3) is 22.4 Å². The second kappa shape index (κ2) is 8.27. The van der Waals surface area contributed by atoms with Gasteiger partial charge in [-0.15, -0.1) is 0 Å². The van der Waals surface area contributed by atoms with E-state index in [9.17, 15) is 23.2 Å². The Morgan fingerprint density at radius 1 is 1.38 bits per heavy atom. The summed E-state index contributed by atoms with van der Waals surface area (Å²) in [5.74, 6) is -0.215. The van der Waals surface area contributed by atoms with E-state index >= 15 is 0 Å². The fraction of sp³-hybridized carbons (Fsp3) is 0.350. The Balaban J connectivity index is 1.71. The lowest BCUT2D eigenvalue weighted by molar-refractivity contribution is -0.143. The van der Waals surface area contributed by atoms with Gasteiger partial charge >= 0.3 is 6.18 Å². The van der Waals surface area contributed by atoms with E-state index in [1.165, 1.54) is 23.4 Å². The summed E-state index contributed by atoms with van der Waals surface area (Å²) in [5, 5.41) is 12.4. The van der Waals surface area contributed by atoms with Crippen LogP contribution in [0.3, 0.4) is 0 Å². The van der Waals surface area contributed by atoms with Crippen LogP contribution in [0.5, 0.6) is 0 Å². The minimum atomic E-state index is -4.53. The van der Waals surface area contributed by atoms with Crippen LogP contribution in [-0.2, 0) is 4.79 Å². The van der Waals surface area contributed by atoms with Crippen molar-refractivity contribution in [2.45, 2.75) is 31.0 Å². The van der Waals surface area contributed by atoms with E-state index in [2.05, 4.69) is 19.9 Å². The highest BCUT2D eigenvalue weighted by Crippen LogP contribution is 2.40. The number of alkyl halides is 3. The molecule has 0 spiro atoms. The summed E-state index contributed by atoms with van der Waals surface area (Å²) in [4.78, 5) is 30.2. The number of rotatable bonds is 6. The van der Waals surface area contributed by atoms with Crippen LogP contribution in [0.1, 0.15) is 19.3 Å². The third kappa shape index (κ3) is 4.05. The van der Waals surface area contributed by atoms with Gasteiger partial charge in [-0.3, -0.25) is 4.79 Å². The maximum Gasteiger partial charge on any atom is 0.405 e. The van der Waals surface area contributed by atoms with Crippen LogP contribution < -0.4 is 10.2 Å². The Labute approximate surface area is 185 Å². The zero-order valence-corrected chi connectivity index (χ0v) is 17.3. The predicted octanol–water partition coefficient (Wildman–Crippen LogP) is 3.60. The number of halogens is 4. The normalized spacial score (nSPS) is 15.1. The van der Waals surface area contributed by atoms with E-state index in [4.69, 9.17) is 11.6 Å². The van der Waals surface area contributed by atoms with Crippen LogP contribution in [0.4, 0.5) is 19.0 Å². The molecule has 1 aliphatic carbocycles. The van der Waals surface area contributed by atoms with Gasteiger partial charge in [-0.05, 0) is 31.4 Å². The summed E-state index contributed by atoms with van der Waals surface area (Å²) in [6.45, 7) is -1.66. The van der Waals surface area contributed by atoms with Gasteiger partial charge in [-0.1, -0.05) is 11.6 Å². The molecule has 0 aromatic carbocycles. The molecule has 1 amide bonds. The first-order valence-electron chi connectivity index (χ1n) is 9.69. The molecule has 0 aliphatic heterocycles. The molecule has 8 nitrogen and oxygen atoms in total. The van der Waals surface area contributed by atoms with Gasteiger partial charge in [0.15, 0.2) is 5.82 Å². The predicted molar refractivity (Wildman–Crippen MR) is 111 cm³/mol. The van der Waals surface area contributed by atoms with Crippen molar-refractivity contribution < 1.29 is 18.0 Å². The summed E-state index contributed by atoms with van der Waals surface area (Å²) in [6, 6.07) is 5.22. The molecule has 1 aliphatic rings. The molecule has 0 saturated heterocycles. The maximum absolute atomic E-state index is 12.8. The Morgan fingerprint density at radius 3 is 2.81 bits per heavy atom. The molecule has 3 aromatic rings. The Bertz CT molecular complexity index is 1200.